The Labute approximate surface area is 76.1 Å². The molecule has 1 aliphatic rings. The van der Waals surface area contributed by atoms with Gasteiger partial charge in [0.2, 0.25) is 5.91 Å². The average Bonchev–Trinajstić information content (AvgIpc) is 2.62. The van der Waals surface area contributed by atoms with Crippen LogP contribution >= 0.6 is 0 Å². The van der Waals surface area contributed by atoms with Crippen molar-refractivity contribution in [3.8, 4) is 0 Å². The van der Waals surface area contributed by atoms with Gasteiger partial charge < -0.3 is 5.73 Å². The number of nitrogens with zero attached hydrogens (tertiary/aromatic N) is 3. The van der Waals surface area contributed by atoms with Gasteiger partial charge in [0.25, 0.3) is 0 Å². The van der Waals surface area contributed by atoms with E-state index in [4.69, 9.17) is 5.73 Å². The maximum Gasteiger partial charge on any atom is 0.245 e. The van der Waals surface area contributed by atoms with E-state index in [1.54, 1.807) is 9.58 Å². The third-order valence-electron chi connectivity index (χ3n) is 2.22. The van der Waals surface area contributed by atoms with Gasteiger partial charge in [0.05, 0.1) is 6.04 Å². The van der Waals surface area contributed by atoms with Crippen LogP contribution in [0.5, 0.6) is 0 Å². The van der Waals surface area contributed by atoms with Crippen molar-refractivity contribution >= 4 is 11.7 Å². The monoisotopic (exact) mass is 180 g/mol. The largest absolute Gasteiger partial charge is 0.320 e. The van der Waals surface area contributed by atoms with Crippen molar-refractivity contribution in [3.63, 3.8) is 0 Å². The number of hydrogen-bond donors (Lipinski definition) is 1. The normalized spacial score (nSPS) is 22.8. The molecule has 1 atom stereocenters. The first-order chi connectivity index (χ1) is 6.18. The van der Waals surface area contributed by atoms with Gasteiger partial charge in [-0.2, -0.15) is 5.10 Å². The topological polar surface area (TPSA) is 64.2 Å². The summed E-state index contributed by atoms with van der Waals surface area (Å²) in [5, 5.41) is 4.14. The van der Waals surface area contributed by atoms with Gasteiger partial charge in [0, 0.05) is 25.9 Å². The van der Waals surface area contributed by atoms with E-state index in [0.29, 0.717) is 12.4 Å². The first-order valence-corrected chi connectivity index (χ1v) is 4.25. The molecule has 1 fully saturated rings. The van der Waals surface area contributed by atoms with Crippen molar-refractivity contribution < 1.29 is 4.79 Å². The fourth-order valence-electron chi connectivity index (χ4n) is 1.48. The number of carbonyl (C=O) groups is 1. The minimum atomic E-state index is -0.345. The second-order valence-corrected chi connectivity index (χ2v) is 3.23. The van der Waals surface area contributed by atoms with E-state index < -0.39 is 0 Å². The molecule has 0 radical (unpaired) electrons. The molecule has 0 aliphatic carbocycles. The fraction of sp³-hybridized carbons (Fsp3) is 0.500. The SMILES string of the molecule is Cn1ccc(N2CC[C@H](N)C2=O)n1. The van der Waals surface area contributed by atoms with Gasteiger partial charge in [-0.05, 0) is 6.42 Å². The molecule has 0 unspecified atom stereocenters. The smallest absolute Gasteiger partial charge is 0.245 e. The lowest BCUT2D eigenvalue weighted by atomic mass is 10.3. The zero-order valence-corrected chi connectivity index (χ0v) is 7.47. The van der Waals surface area contributed by atoms with Crippen LogP contribution in [0.1, 0.15) is 6.42 Å². The van der Waals surface area contributed by atoms with Crippen molar-refractivity contribution in [2.24, 2.45) is 12.8 Å². The second kappa shape index (κ2) is 2.85. The third-order valence-corrected chi connectivity index (χ3v) is 2.22. The predicted octanol–water partition coefficient (Wildman–Crippen LogP) is -0.516. The van der Waals surface area contributed by atoms with Crippen LogP contribution in [0.4, 0.5) is 5.82 Å². The number of amides is 1. The van der Waals surface area contributed by atoms with Gasteiger partial charge in [-0.15, -0.1) is 0 Å². The molecule has 0 saturated carbocycles. The molecule has 5 heteroatoms. The van der Waals surface area contributed by atoms with Gasteiger partial charge in [0.1, 0.15) is 0 Å². The number of hydrogen-bond acceptors (Lipinski definition) is 3. The molecular formula is C8H12N4O. The van der Waals surface area contributed by atoms with Crippen molar-refractivity contribution in [3.05, 3.63) is 12.3 Å². The van der Waals surface area contributed by atoms with E-state index in [0.717, 1.165) is 6.42 Å². The maximum absolute atomic E-state index is 11.5. The Bertz CT molecular complexity index is 333. The molecule has 1 aliphatic heterocycles. The van der Waals surface area contributed by atoms with Crippen LogP contribution in [0.3, 0.4) is 0 Å². The molecule has 0 bridgehead atoms. The van der Waals surface area contributed by atoms with E-state index in [1.165, 1.54) is 0 Å². The van der Waals surface area contributed by atoms with Gasteiger partial charge in [-0.3, -0.25) is 14.4 Å². The molecule has 1 aromatic rings. The molecule has 1 amide bonds. The molecular weight excluding hydrogens is 168 g/mol. The summed E-state index contributed by atoms with van der Waals surface area (Å²) in [5.41, 5.74) is 5.59. The van der Waals surface area contributed by atoms with Gasteiger partial charge >= 0.3 is 0 Å². The van der Waals surface area contributed by atoms with Crippen LogP contribution in [-0.2, 0) is 11.8 Å². The lowest BCUT2D eigenvalue weighted by Crippen LogP contribution is -2.34. The second-order valence-electron chi connectivity index (χ2n) is 3.23. The molecule has 0 aromatic carbocycles. The first kappa shape index (κ1) is 8.25. The lowest BCUT2D eigenvalue weighted by Gasteiger charge is -2.11. The molecule has 1 aromatic heterocycles. The van der Waals surface area contributed by atoms with Gasteiger partial charge in [0.15, 0.2) is 5.82 Å². The van der Waals surface area contributed by atoms with E-state index in [2.05, 4.69) is 5.10 Å². The highest BCUT2D eigenvalue weighted by Crippen LogP contribution is 2.17. The number of aromatic nitrogens is 2. The number of rotatable bonds is 1. The van der Waals surface area contributed by atoms with E-state index >= 15 is 0 Å². The molecule has 0 spiro atoms. The van der Waals surface area contributed by atoms with Crippen LogP contribution in [0, 0.1) is 0 Å². The molecule has 5 nitrogen and oxygen atoms in total. The van der Waals surface area contributed by atoms with Crippen LogP contribution in [0.25, 0.3) is 0 Å². The number of aryl methyl sites for hydroxylation is 1. The van der Waals surface area contributed by atoms with Crippen molar-refractivity contribution in [1.29, 1.82) is 0 Å². The van der Waals surface area contributed by atoms with Crippen LogP contribution in [0.2, 0.25) is 0 Å². The number of carbonyl (C=O) groups excluding carboxylic acids is 1. The summed E-state index contributed by atoms with van der Waals surface area (Å²) in [6.45, 7) is 0.678. The maximum atomic E-state index is 11.5. The summed E-state index contributed by atoms with van der Waals surface area (Å²) in [5.74, 6) is 0.666. The fourth-order valence-corrected chi connectivity index (χ4v) is 1.48. The average molecular weight is 180 g/mol. The highest BCUT2D eigenvalue weighted by atomic mass is 16.2. The van der Waals surface area contributed by atoms with E-state index in [1.807, 2.05) is 19.3 Å². The lowest BCUT2D eigenvalue weighted by molar-refractivity contribution is -0.118. The summed E-state index contributed by atoms with van der Waals surface area (Å²) >= 11 is 0. The Morgan fingerprint density at radius 1 is 1.69 bits per heavy atom. The Hall–Kier alpha value is -1.36. The van der Waals surface area contributed by atoms with E-state index in [9.17, 15) is 4.79 Å². The molecule has 70 valence electrons. The minimum absolute atomic E-state index is 0.0290. The van der Waals surface area contributed by atoms with Crippen molar-refractivity contribution in [1.82, 2.24) is 9.78 Å². The predicted molar refractivity (Wildman–Crippen MR) is 48.2 cm³/mol. The number of nitrogens with two attached hydrogens (primary N) is 1. The molecule has 13 heavy (non-hydrogen) atoms. The summed E-state index contributed by atoms with van der Waals surface area (Å²) in [4.78, 5) is 13.1. The van der Waals surface area contributed by atoms with Crippen molar-refractivity contribution in [2.75, 3.05) is 11.4 Å². The third kappa shape index (κ3) is 1.31. The summed E-state index contributed by atoms with van der Waals surface area (Å²) in [6, 6.07) is 1.47. The summed E-state index contributed by atoms with van der Waals surface area (Å²) < 4.78 is 1.67. The zero-order valence-electron chi connectivity index (χ0n) is 7.47. The van der Waals surface area contributed by atoms with Gasteiger partial charge in [-0.1, -0.05) is 0 Å². The Morgan fingerprint density at radius 2 is 2.46 bits per heavy atom. The quantitative estimate of drug-likeness (QED) is 0.632. The zero-order chi connectivity index (χ0) is 9.42. The van der Waals surface area contributed by atoms with Crippen molar-refractivity contribution in [2.45, 2.75) is 12.5 Å². The highest BCUT2D eigenvalue weighted by Gasteiger charge is 2.30. The van der Waals surface area contributed by atoms with Crippen LogP contribution in [-0.4, -0.2) is 28.3 Å². The Balaban J connectivity index is 2.23. The Morgan fingerprint density at radius 3 is 2.92 bits per heavy atom. The minimum Gasteiger partial charge on any atom is -0.320 e. The summed E-state index contributed by atoms with van der Waals surface area (Å²) in [6.07, 6.45) is 2.53. The summed E-state index contributed by atoms with van der Waals surface area (Å²) in [7, 11) is 1.82. The van der Waals surface area contributed by atoms with E-state index in [-0.39, 0.29) is 11.9 Å². The van der Waals surface area contributed by atoms with Crippen LogP contribution in [0.15, 0.2) is 12.3 Å². The standard InChI is InChI=1S/C8H12N4O/c1-11-4-3-7(10-11)12-5-2-6(9)8(12)13/h3-4,6H,2,5,9H2,1H3/t6-/m0/s1. The van der Waals surface area contributed by atoms with Crippen LogP contribution < -0.4 is 10.6 Å². The molecule has 2 heterocycles. The number of anilines is 1. The Kier molecular flexibility index (Phi) is 1.81. The molecule has 1 saturated heterocycles. The first-order valence-electron chi connectivity index (χ1n) is 4.25. The molecule has 2 rings (SSSR count). The highest BCUT2D eigenvalue weighted by molar-refractivity contribution is 5.98. The molecule has 2 N–H and O–H groups in total. The van der Waals surface area contributed by atoms with Gasteiger partial charge in [-0.25, -0.2) is 0 Å².